The second-order valence-electron chi connectivity index (χ2n) is 7.59. The molecule has 0 radical (unpaired) electrons. The Labute approximate surface area is 173 Å². The molecule has 1 N–H and O–H groups in total. The summed E-state index contributed by atoms with van der Waals surface area (Å²) in [4.78, 5) is 12.8. The lowest BCUT2D eigenvalue weighted by molar-refractivity contribution is 0.101. The van der Waals surface area contributed by atoms with Crippen LogP contribution < -0.4 is 5.32 Å². The molecule has 152 valence electrons. The Morgan fingerprint density at radius 1 is 1.07 bits per heavy atom. The van der Waals surface area contributed by atoms with Crippen LogP contribution in [0.2, 0.25) is 0 Å². The zero-order valence-electron chi connectivity index (χ0n) is 17.3. The van der Waals surface area contributed by atoms with Gasteiger partial charge in [-0.15, -0.1) is 10.2 Å². The summed E-state index contributed by atoms with van der Waals surface area (Å²) in [7, 11) is 0. The monoisotopic (exact) mass is 403 g/mol. The topological polar surface area (TPSA) is 72.2 Å². The molecule has 0 bridgehead atoms. The fourth-order valence-corrected chi connectivity index (χ4v) is 3.42. The number of amides is 1. The maximum absolute atomic E-state index is 14.1. The van der Waals surface area contributed by atoms with Gasteiger partial charge in [-0.2, -0.15) is 5.10 Å². The number of anilines is 1. The van der Waals surface area contributed by atoms with Gasteiger partial charge in [0.2, 0.25) is 0 Å². The molecule has 0 aliphatic rings. The van der Waals surface area contributed by atoms with Crippen molar-refractivity contribution in [2.24, 2.45) is 0 Å². The summed E-state index contributed by atoms with van der Waals surface area (Å²) >= 11 is 0. The van der Waals surface area contributed by atoms with Gasteiger partial charge < -0.3 is 5.32 Å². The first-order valence-electron chi connectivity index (χ1n) is 9.75. The molecule has 0 unspecified atom stereocenters. The second kappa shape index (κ2) is 7.67. The van der Waals surface area contributed by atoms with Crippen molar-refractivity contribution in [3.63, 3.8) is 0 Å². The van der Waals surface area contributed by atoms with Gasteiger partial charge in [0.15, 0.2) is 11.3 Å². The Morgan fingerprint density at radius 3 is 2.47 bits per heavy atom. The molecule has 0 saturated carbocycles. The van der Waals surface area contributed by atoms with Gasteiger partial charge in [0, 0.05) is 0 Å². The smallest absolute Gasteiger partial charge is 0.278 e. The van der Waals surface area contributed by atoms with Crippen molar-refractivity contribution in [2.45, 2.75) is 33.6 Å². The van der Waals surface area contributed by atoms with E-state index in [1.165, 1.54) is 12.1 Å². The van der Waals surface area contributed by atoms with Crippen LogP contribution in [0.5, 0.6) is 0 Å². The first-order valence-corrected chi connectivity index (χ1v) is 9.75. The molecule has 1 amide bonds. The summed E-state index contributed by atoms with van der Waals surface area (Å²) in [5.74, 6) is -0.879. The number of halogens is 1. The molecule has 0 aliphatic carbocycles. The van der Waals surface area contributed by atoms with E-state index in [0.717, 1.165) is 22.4 Å². The number of nitrogens with zero attached hydrogens (tertiary/aromatic N) is 4. The van der Waals surface area contributed by atoms with Crippen molar-refractivity contribution in [1.29, 1.82) is 0 Å². The lowest BCUT2D eigenvalue weighted by atomic mass is 10.00. The Balaban J connectivity index is 1.80. The molecular formula is C23H22FN5O. The van der Waals surface area contributed by atoms with Gasteiger partial charge in [-0.25, -0.2) is 8.91 Å². The SMILES string of the molecule is Cc1ccc(NC(=O)c2nnc3c(-c4ccccc4)c(C(C)C)nn3c2C)c(F)c1. The van der Waals surface area contributed by atoms with E-state index in [-0.39, 0.29) is 17.3 Å². The molecule has 0 atom stereocenters. The Hall–Kier alpha value is -3.61. The molecular weight excluding hydrogens is 381 g/mol. The third-order valence-corrected chi connectivity index (χ3v) is 4.99. The third-order valence-electron chi connectivity index (χ3n) is 4.99. The molecule has 4 aromatic rings. The van der Waals surface area contributed by atoms with Crippen LogP contribution in [0.4, 0.5) is 10.1 Å². The molecule has 2 heterocycles. The number of nitrogens with one attached hydrogen (secondary N) is 1. The molecule has 0 saturated heterocycles. The van der Waals surface area contributed by atoms with Gasteiger partial charge in [0.1, 0.15) is 5.82 Å². The van der Waals surface area contributed by atoms with Gasteiger partial charge >= 0.3 is 0 Å². The summed E-state index contributed by atoms with van der Waals surface area (Å²) in [5, 5.41) is 15.8. The summed E-state index contributed by atoms with van der Waals surface area (Å²) in [6, 6.07) is 14.5. The van der Waals surface area contributed by atoms with Crippen LogP contribution in [0.15, 0.2) is 48.5 Å². The fourth-order valence-electron chi connectivity index (χ4n) is 3.42. The van der Waals surface area contributed by atoms with E-state index in [0.29, 0.717) is 11.3 Å². The second-order valence-corrected chi connectivity index (χ2v) is 7.59. The van der Waals surface area contributed by atoms with E-state index in [1.54, 1.807) is 24.4 Å². The Bertz CT molecular complexity index is 1250. The lowest BCUT2D eigenvalue weighted by Crippen LogP contribution is -2.19. The number of aryl methyl sites for hydroxylation is 2. The zero-order chi connectivity index (χ0) is 21.4. The molecule has 2 aromatic carbocycles. The number of rotatable bonds is 4. The Kier molecular flexibility index (Phi) is 5.03. The van der Waals surface area contributed by atoms with Crippen LogP contribution in [0.3, 0.4) is 0 Å². The van der Waals surface area contributed by atoms with Gasteiger partial charge in [-0.3, -0.25) is 4.79 Å². The molecule has 6 nitrogen and oxygen atoms in total. The zero-order valence-corrected chi connectivity index (χ0v) is 17.3. The lowest BCUT2D eigenvalue weighted by Gasteiger charge is -2.09. The van der Waals surface area contributed by atoms with Crippen LogP contribution >= 0.6 is 0 Å². The number of carbonyl (C=O) groups is 1. The highest BCUT2D eigenvalue weighted by atomic mass is 19.1. The largest absolute Gasteiger partial charge is 0.318 e. The minimum absolute atomic E-state index is 0.0971. The molecule has 30 heavy (non-hydrogen) atoms. The predicted molar refractivity (Wildman–Crippen MR) is 114 cm³/mol. The van der Waals surface area contributed by atoms with Gasteiger partial charge in [-0.05, 0) is 43.0 Å². The number of carbonyl (C=O) groups excluding carboxylic acids is 1. The van der Waals surface area contributed by atoms with E-state index in [2.05, 4.69) is 29.4 Å². The first kappa shape index (κ1) is 19.7. The van der Waals surface area contributed by atoms with Crippen LogP contribution in [0.1, 0.15) is 47.2 Å². The summed E-state index contributed by atoms with van der Waals surface area (Å²) < 4.78 is 15.8. The third kappa shape index (κ3) is 3.43. The first-order chi connectivity index (χ1) is 14.4. The normalized spacial score (nSPS) is 11.3. The number of benzene rings is 2. The van der Waals surface area contributed by atoms with Crippen LogP contribution in [-0.4, -0.2) is 25.7 Å². The molecule has 0 spiro atoms. The summed E-state index contributed by atoms with van der Waals surface area (Å²) in [5.41, 5.74) is 4.85. The van der Waals surface area contributed by atoms with Crippen LogP contribution in [0.25, 0.3) is 16.8 Å². The maximum atomic E-state index is 14.1. The van der Waals surface area contributed by atoms with E-state index in [4.69, 9.17) is 5.10 Å². The minimum atomic E-state index is -0.535. The van der Waals surface area contributed by atoms with E-state index < -0.39 is 11.7 Å². The standard InChI is InChI=1S/C23H22FN5O/c1-13(2)20-19(16-8-6-5-7-9-16)22-27-26-21(15(4)29(22)28-20)23(30)25-18-11-10-14(3)12-17(18)24/h5-13H,1-4H3,(H,25,30). The van der Waals surface area contributed by atoms with Crippen molar-refractivity contribution < 1.29 is 9.18 Å². The Morgan fingerprint density at radius 2 is 1.80 bits per heavy atom. The molecule has 0 aliphatic heterocycles. The van der Waals surface area contributed by atoms with Crippen LogP contribution in [-0.2, 0) is 0 Å². The van der Waals surface area contributed by atoms with Gasteiger partial charge in [-0.1, -0.05) is 50.2 Å². The average molecular weight is 403 g/mol. The van der Waals surface area contributed by atoms with Crippen molar-refractivity contribution in [1.82, 2.24) is 19.8 Å². The fraction of sp³-hybridized carbons (Fsp3) is 0.217. The highest BCUT2D eigenvalue weighted by Crippen LogP contribution is 2.32. The number of hydrogen-bond donors (Lipinski definition) is 1. The maximum Gasteiger partial charge on any atom is 0.278 e. The number of fused-ring (bicyclic) bond motifs is 1. The molecule has 2 aromatic heterocycles. The summed E-state index contributed by atoms with van der Waals surface area (Å²) in [6.45, 7) is 7.66. The molecule has 4 rings (SSSR count). The average Bonchev–Trinajstić information content (AvgIpc) is 3.12. The van der Waals surface area contributed by atoms with Gasteiger partial charge in [0.25, 0.3) is 5.91 Å². The number of aromatic nitrogens is 4. The highest BCUT2D eigenvalue weighted by molar-refractivity contribution is 6.03. The minimum Gasteiger partial charge on any atom is -0.318 e. The molecule has 0 fully saturated rings. The quantitative estimate of drug-likeness (QED) is 0.525. The number of hydrogen-bond acceptors (Lipinski definition) is 4. The summed E-state index contributed by atoms with van der Waals surface area (Å²) in [6.07, 6.45) is 0. The van der Waals surface area contributed by atoms with E-state index in [9.17, 15) is 9.18 Å². The van der Waals surface area contributed by atoms with Gasteiger partial charge in [0.05, 0.1) is 22.6 Å². The van der Waals surface area contributed by atoms with E-state index in [1.807, 2.05) is 30.3 Å². The van der Waals surface area contributed by atoms with Crippen molar-refractivity contribution in [2.75, 3.05) is 5.32 Å². The highest BCUT2D eigenvalue weighted by Gasteiger charge is 2.23. The van der Waals surface area contributed by atoms with Crippen LogP contribution in [0, 0.1) is 19.7 Å². The van der Waals surface area contributed by atoms with E-state index >= 15 is 0 Å². The van der Waals surface area contributed by atoms with Crippen molar-refractivity contribution in [3.8, 4) is 11.1 Å². The van der Waals surface area contributed by atoms with Crippen molar-refractivity contribution >= 4 is 17.2 Å². The predicted octanol–water partition coefficient (Wildman–Crippen LogP) is 4.92. The van der Waals surface area contributed by atoms with Crippen molar-refractivity contribution in [3.05, 3.63) is 77.0 Å². The molecule has 7 heteroatoms.